The van der Waals surface area contributed by atoms with E-state index in [1.807, 2.05) is 4.90 Å². The van der Waals surface area contributed by atoms with Crippen LogP contribution in [0.4, 0.5) is 20.2 Å². The van der Waals surface area contributed by atoms with E-state index in [2.05, 4.69) is 25.7 Å². The van der Waals surface area contributed by atoms with Gasteiger partial charge in [0.1, 0.15) is 17.8 Å². The summed E-state index contributed by atoms with van der Waals surface area (Å²) in [4.78, 5) is 49.8. The van der Waals surface area contributed by atoms with E-state index in [0.717, 1.165) is 45.1 Å². The van der Waals surface area contributed by atoms with Crippen molar-refractivity contribution in [3.63, 3.8) is 0 Å². The lowest BCUT2D eigenvalue weighted by Crippen LogP contribution is -2.62. The van der Waals surface area contributed by atoms with Gasteiger partial charge in [0, 0.05) is 39.3 Å². The highest BCUT2D eigenvalue weighted by Crippen LogP contribution is 2.42. The van der Waals surface area contributed by atoms with Crippen LogP contribution in [0.25, 0.3) is 0 Å². The van der Waals surface area contributed by atoms with Crippen molar-refractivity contribution in [3.8, 4) is 0 Å². The molecule has 2 amide bonds. The van der Waals surface area contributed by atoms with E-state index in [0.29, 0.717) is 26.2 Å². The number of piperidine rings is 3. The Labute approximate surface area is 226 Å². The maximum Gasteiger partial charge on any atom is 0.234 e. The molecular weight excluding hydrogens is 512 g/mol. The fourth-order valence-corrected chi connectivity index (χ4v) is 6.52. The minimum absolute atomic E-state index is 0.000323. The van der Waals surface area contributed by atoms with Crippen LogP contribution in [-0.2, 0) is 9.59 Å². The van der Waals surface area contributed by atoms with Crippen LogP contribution in [0.3, 0.4) is 0 Å². The van der Waals surface area contributed by atoms with E-state index in [9.17, 15) is 18.9 Å². The van der Waals surface area contributed by atoms with E-state index < -0.39 is 36.1 Å². The lowest BCUT2D eigenvalue weighted by molar-refractivity contribution is -0.150. The van der Waals surface area contributed by atoms with Gasteiger partial charge in [0.05, 0.1) is 29.7 Å². The van der Waals surface area contributed by atoms with Crippen LogP contribution in [0.5, 0.6) is 0 Å². The lowest BCUT2D eigenvalue weighted by atomic mass is 9.71. The molecule has 2 bridgehead atoms. The summed E-state index contributed by atoms with van der Waals surface area (Å²) < 4.78 is 29.0. The molecular formula is C25H37F2N9O3. The zero-order chi connectivity index (χ0) is 27.7. The van der Waals surface area contributed by atoms with Crippen molar-refractivity contribution in [2.24, 2.45) is 22.2 Å². The molecule has 6 rings (SSSR count). The first-order valence-corrected chi connectivity index (χ1v) is 13.6. The monoisotopic (exact) mass is 549 g/mol. The molecule has 214 valence electrons. The topological polar surface area (TPSA) is 140 Å². The number of aromatic nitrogens is 1. The zero-order valence-electron chi connectivity index (χ0n) is 22.2. The Morgan fingerprint density at radius 2 is 1.82 bits per heavy atom. The number of pyridine rings is 1. The van der Waals surface area contributed by atoms with Crippen LogP contribution >= 0.6 is 0 Å². The van der Waals surface area contributed by atoms with Crippen LogP contribution in [0, 0.1) is 22.1 Å². The summed E-state index contributed by atoms with van der Waals surface area (Å²) >= 11 is 0. The summed E-state index contributed by atoms with van der Waals surface area (Å²) in [7, 11) is 1.62. The molecule has 5 aliphatic rings. The number of amides is 2. The van der Waals surface area contributed by atoms with Gasteiger partial charge in [-0.25, -0.2) is 8.78 Å². The van der Waals surface area contributed by atoms with Crippen molar-refractivity contribution in [1.82, 2.24) is 25.0 Å². The SMILES string of the molecule is CN1CC(F)CNC1C(C(=O)Nc1cncc(F)c1N1CCN(C(=O)C23CCN(CC2)CC3)CC1)C(N)N=O. The lowest BCUT2D eigenvalue weighted by Gasteiger charge is -2.50. The second-order valence-corrected chi connectivity index (χ2v) is 11.2. The highest BCUT2D eigenvalue weighted by Gasteiger charge is 2.47. The molecule has 12 nitrogen and oxygen atoms in total. The highest BCUT2D eigenvalue weighted by atomic mass is 19.1. The fraction of sp³-hybridized carbons (Fsp3) is 0.720. The number of nitrogens with one attached hydrogen (secondary N) is 2. The molecule has 5 fully saturated rings. The first-order chi connectivity index (χ1) is 18.7. The summed E-state index contributed by atoms with van der Waals surface area (Å²) in [6, 6.07) is 0. The van der Waals surface area contributed by atoms with E-state index in [1.54, 1.807) is 16.8 Å². The first-order valence-electron chi connectivity index (χ1n) is 13.6. The number of carbonyl (C=O) groups excluding carboxylic acids is 2. The number of rotatable bonds is 7. The molecule has 14 heteroatoms. The number of piperazine rings is 1. The zero-order valence-corrected chi connectivity index (χ0v) is 22.2. The number of nitroso groups, excluding NO2 is 1. The largest absolute Gasteiger partial charge is 0.364 e. The van der Waals surface area contributed by atoms with Crippen LogP contribution in [0.2, 0.25) is 0 Å². The molecule has 0 radical (unpaired) electrons. The molecule has 4 atom stereocenters. The van der Waals surface area contributed by atoms with E-state index in [1.165, 1.54) is 6.20 Å². The van der Waals surface area contributed by atoms with Gasteiger partial charge in [-0.3, -0.25) is 24.8 Å². The molecule has 5 saturated heterocycles. The van der Waals surface area contributed by atoms with Crippen LogP contribution in [0.15, 0.2) is 17.6 Å². The third kappa shape index (κ3) is 5.47. The highest BCUT2D eigenvalue weighted by molar-refractivity contribution is 5.96. The van der Waals surface area contributed by atoms with Gasteiger partial charge < -0.3 is 25.8 Å². The van der Waals surface area contributed by atoms with Gasteiger partial charge in [-0.2, -0.15) is 0 Å². The number of nitrogens with zero attached hydrogens (tertiary/aromatic N) is 6. The summed E-state index contributed by atoms with van der Waals surface area (Å²) in [5, 5.41) is 8.46. The summed E-state index contributed by atoms with van der Waals surface area (Å²) in [6.07, 6.45) is 1.79. The third-order valence-electron chi connectivity index (χ3n) is 8.83. The van der Waals surface area contributed by atoms with Gasteiger partial charge in [-0.15, -0.1) is 4.91 Å². The van der Waals surface area contributed by atoms with Gasteiger partial charge in [0.15, 0.2) is 12.0 Å². The Bertz CT molecular complexity index is 1070. The van der Waals surface area contributed by atoms with Gasteiger partial charge in [0.2, 0.25) is 11.8 Å². The van der Waals surface area contributed by atoms with Gasteiger partial charge in [-0.1, -0.05) is 5.18 Å². The summed E-state index contributed by atoms with van der Waals surface area (Å²) in [5.74, 6) is -2.24. The van der Waals surface area contributed by atoms with E-state index in [4.69, 9.17) is 5.73 Å². The predicted molar refractivity (Wildman–Crippen MR) is 141 cm³/mol. The molecule has 6 heterocycles. The number of hydrogen-bond donors (Lipinski definition) is 3. The Morgan fingerprint density at radius 3 is 2.44 bits per heavy atom. The summed E-state index contributed by atoms with van der Waals surface area (Å²) in [6.45, 7) is 4.61. The second kappa shape index (κ2) is 11.4. The quantitative estimate of drug-likeness (QED) is 0.406. The van der Waals surface area contributed by atoms with Gasteiger partial charge in [0.25, 0.3) is 0 Å². The maximum atomic E-state index is 15.1. The van der Waals surface area contributed by atoms with Crippen LogP contribution in [-0.4, -0.2) is 116 Å². The molecule has 4 N–H and O–H groups in total. The fourth-order valence-electron chi connectivity index (χ4n) is 6.52. The minimum Gasteiger partial charge on any atom is -0.364 e. The van der Waals surface area contributed by atoms with Crippen molar-refractivity contribution in [2.75, 3.05) is 76.2 Å². The van der Waals surface area contributed by atoms with Crippen molar-refractivity contribution < 1.29 is 18.4 Å². The average Bonchev–Trinajstić information content (AvgIpc) is 2.95. The molecule has 39 heavy (non-hydrogen) atoms. The predicted octanol–water partition coefficient (Wildman–Crippen LogP) is 0.160. The molecule has 0 spiro atoms. The minimum atomic E-state index is -1.41. The normalized spacial score (nSPS) is 31.0. The molecule has 5 aliphatic heterocycles. The Kier molecular flexibility index (Phi) is 8.08. The number of halogens is 2. The molecule has 0 saturated carbocycles. The molecule has 4 unspecified atom stereocenters. The first kappa shape index (κ1) is 27.7. The van der Waals surface area contributed by atoms with E-state index >= 15 is 4.39 Å². The average molecular weight is 550 g/mol. The van der Waals surface area contributed by atoms with Crippen LogP contribution < -0.4 is 21.3 Å². The third-order valence-corrected chi connectivity index (χ3v) is 8.83. The van der Waals surface area contributed by atoms with Gasteiger partial charge in [-0.05, 0) is 45.9 Å². The van der Waals surface area contributed by atoms with Gasteiger partial charge >= 0.3 is 0 Å². The van der Waals surface area contributed by atoms with E-state index in [-0.39, 0.29) is 35.8 Å². The Balaban J connectivity index is 1.29. The standard InChI is InChI=1S/C25H37F2N9O3/c1-33-15-16(26)12-30-22(33)19(21(28)32-39)23(37)31-18-14-29-13-17(27)20(18)35-8-10-36(11-9-35)24(38)25-2-5-34(6-3-25)7-4-25/h13-14,16,19,21-22,30H,2-12,15,28H2,1H3,(H,31,37). The van der Waals surface area contributed by atoms with Crippen molar-refractivity contribution in [1.29, 1.82) is 0 Å². The van der Waals surface area contributed by atoms with Crippen molar-refractivity contribution in [3.05, 3.63) is 23.1 Å². The van der Waals surface area contributed by atoms with Crippen LogP contribution in [0.1, 0.15) is 19.3 Å². The number of carbonyl (C=O) groups is 2. The number of alkyl halides is 1. The van der Waals surface area contributed by atoms with Crippen molar-refractivity contribution >= 4 is 23.2 Å². The number of nitrogens with two attached hydrogens (primary N) is 1. The Hall–Kier alpha value is -2.81. The number of fused-ring (bicyclic) bond motifs is 3. The molecule has 0 aliphatic carbocycles. The molecule has 1 aromatic rings. The number of anilines is 2. The summed E-state index contributed by atoms with van der Waals surface area (Å²) in [5.41, 5.74) is 5.91. The van der Waals surface area contributed by atoms with Crippen molar-refractivity contribution in [2.45, 2.75) is 37.8 Å². The smallest absolute Gasteiger partial charge is 0.234 e. The number of hydrogen-bond acceptors (Lipinski definition) is 10. The maximum absolute atomic E-state index is 15.1. The Morgan fingerprint density at radius 1 is 1.15 bits per heavy atom. The molecule has 0 aromatic carbocycles. The second-order valence-electron chi connectivity index (χ2n) is 11.2. The molecule has 1 aromatic heterocycles.